The first-order valence-electron chi connectivity index (χ1n) is 5.56. The van der Waals surface area contributed by atoms with Gasteiger partial charge in [0.25, 0.3) is 5.91 Å². The Kier molecular flexibility index (Phi) is 3.69. The minimum atomic E-state index is -3.78. The fraction of sp³-hybridized carbons (Fsp3) is 0.500. The third kappa shape index (κ3) is 3.09. The Morgan fingerprint density at radius 3 is 2.67 bits per heavy atom. The van der Waals surface area contributed by atoms with Crippen molar-refractivity contribution in [1.82, 2.24) is 10.3 Å². The van der Waals surface area contributed by atoms with E-state index in [1.807, 2.05) is 0 Å². The number of rotatable bonds is 3. The monoisotopic (exact) mass is 273 g/mol. The smallest absolute Gasteiger partial charge is 0.267 e. The van der Waals surface area contributed by atoms with Gasteiger partial charge >= 0.3 is 0 Å². The van der Waals surface area contributed by atoms with E-state index < -0.39 is 10.0 Å². The number of primary sulfonamides is 1. The van der Waals surface area contributed by atoms with Gasteiger partial charge in [0.1, 0.15) is 5.69 Å². The number of hydrogen-bond acceptors (Lipinski definition) is 4. The molecule has 0 aliphatic carbocycles. The number of hydrogen-bond donors (Lipinski definition) is 3. The largest absolute Gasteiger partial charge is 0.381 e. The number of nitrogens with one attached hydrogen (secondary N) is 2. The van der Waals surface area contributed by atoms with E-state index in [0.717, 1.165) is 12.8 Å². The van der Waals surface area contributed by atoms with Crippen LogP contribution in [0.1, 0.15) is 23.3 Å². The molecule has 1 aromatic heterocycles. The molecular weight excluding hydrogens is 258 g/mol. The van der Waals surface area contributed by atoms with Crippen molar-refractivity contribution in [3.63, 3.8) is 0 Å². The van der Waals surface area contributed by atoms with Gasteiger partial charge in [-0.25, -0.2) is 13.6 Å². The summed E-state index contributed by atoms with van der Waals surface area (Å²) in [4.78, 5) is 14.3. The Labute approximate surface area is 105 Å². The van der Waals surface area contributed by atoms with E-state index in [1.54, 1.807) is 0 Å². The Bertz CT molecular complexity index is 531. The summed E-state index contributed by atoms with van der Waals surface area (Å²) in [6.45, 7) is 1.25. The molecule has 0 atom stereocenters. The fourth-order valence-corrected chi connectivity index (χ4v) is 2.28. The molecule has 7 nitrogen and oxygen atoms in total. The first kappa shape index (κ1) is 13.1. The van der Waals surface area contributed by atoms with Crippen LogP contribution in [0.2, 0.25) is 0 Å². The van der Waals surface area contributed by atoms with Gasteiger partial charge in [0.05, 0.1) is 4.90 Å². The van der Waals surface area contributed by atoms with Gasteiger partial charge in [-0.15, -0.1) is 0 Å². The zero-order chi connectivity index (χ0) is 13.2. The molecule has 0 radical (unpaired) electrons. The first-order chi connectivity index (χ1) is 8.47. The summed E-state index contributed by atoms with van der Waals surface area (Å²) >= 11 is 0. The number of sulfonamides is 1. The van der Waals surface area contributed by atoms with Crippen LogP contribution >= 0.6 is 0 Å². The van der Waals surface area contributed by atoms with Crippen LogP contribution in [-0.4, -0.2) is 38.6 Å². The van der Waals surface area contributed by atoms with Crippen LogP contribution in [0.25, 0.3) is 0 Å². The van der Waals surface area contributed by atoms with Crippen molar-refractivity contribution in [3.05, 3.63) is 18.0 Å². The lowest BCUT2D eigenvalue weighted by molar-refractivity contribution is 0.0694. The highest BCUT2D eigenvalue weighted by Crippen LogP contribution is 2.11. The van der Waals surface area contributed by atoms with Crippen LogP contribution in [0.15, 0.2) is 17.2 Å². The number of carbonyl (C=O) groups is 1. The van der Waals surface area contributed by atoms with E-state index in [9.17, 15) is 13.2 Å². The van der Waals surface area contributed by atoms with Crippen LogP contribution in [0.5, 0.6) is 0 Å². The second-order valence-corrected chi connectivity index (χ2v) is 5.72. The lowest BCUT2D eigenvalue weighted by Gasteiger charge is -2.22. The van der Waals surface area contributed by atoms with E-state index >= 15 is 0 Å². The van der Waals surface area contributed by atoms with Crippen LogP contribution in [0, 0.1) is 0 Å². The normalized spacial score (nSPS) is 17.6. The highest BCUT2D eigenvalue weighted by atomic mass is 32.2. The Hall–Kier alpha value is -1.38. The molecule has 1 amide bonds. The highest BCUT2D eigenvalue weighted by molar-refractivity contribution is 7.89. The second-order valence-electron chi connectivity index (χ2n) is 4.15. The summed E-state index contributed by atoms with van der Waals surface area (Å²) < 4.78 is 27.3. The van der Waals surface area contributed by atoms with Gasteiger partial charge in [-0.1, -0.05) is 0 Å². The van der Waals surface area contributed by atoms with Crippen LogP contribution in [0.3, 0.4) is 0 Å². The number of nitrogens with two attached hydrogens (primary N) is 1. The standard InChI is InChI=1S/C10H15N3O4S/c11-18(15,16)8-5-9(12-6-8)10(14)13-7-1-3-17-4-2-7/h5-7,12H,1-4H2,(H,13,14)(H2,11,15,16). The minimum Gasteiger partial charge on any atom is -0.381 e. The average molecular weight is 273 g/mol. The third-order valence-electron chi connectivity index (χ3n) is 2.79. The summed E-state index contributed by atoms with van der Waals surface area (Å²) in [7, 11) is -3.78. The van der Waals surface area contributed by atoms with Crippen molar-refractivity contribution >= 4 is 15.9 Å². The first-order valence-corrected chi connectivity index (χ1v) is 7.11. The maximum Gasteiger partial charge on any atom is 0.267 e. The Morgan fingerprint density at radius 2 is 2.11 bits per heavy atom. The molecule has 2 rings (SSSR count). The predicted octanol–water partition coefficient (Wildman–Crippen LogP) is -0.429. The average Bonchev–Trinajstić information content (AvgIpc) is 2.79. The lowest BCUT2D eigenvalue weighted by Crippen LogP contribution is -2.39. The number of H-pyrrole nitrogens is 1. The van der Waals surface area contributed by atoms with Gasteiger partial charge in [0.15, 0.2) is 0 Å². The predicted molar refractivity (Wildman–Crippen MR) is 63.5 cm³/mol. The third-order valence-corrected chi connectivity index (χ3v) is 3.68. The number of aromatic nitrogens is 1. The van der Waals surface area contributed by atoms with Crippen molar-refractivity contribution in [1.29, 1.82) is 0 Å². The number of amides is 1. The zero-order valence-electron chi connectivity index (χ0n) is 9.68. The van der Waals surface area contributed by atoms with E-state index in [-0.39, 0.29) is 22.5 Å². The van der Waals surface area contributed by atoms with Crippen molar-refractivity contribution in [2.24, 2.45) is 5.14 Å². The lowest BCUT2D eigenvalue weighted by atomic mass is 10.1. The van der Waals surface area contributed by atoms with Crippen molar-refractivity contribution in [3.8, 4) is 0 Å². The Morgan fingerprint density at radius 1 is 1.44 bits per heavy atom. The van der Waals surface area contributed by atoms with Gasteiger partial charge in [-0.2, -0.15) is 0 Å². The molecule has 0 spiro atoms. The Balaban J connectivity index is 2.02. The molecule has 100 valence electrons. The maximum absolute atomic E-state index is 11.8. The number of aromatic amines is 1. The van der Waals surface area contributed by atoms with E-state index in [1.165, 1.54) is 12.3 Å². The molecule has 1 fully saturated rings. The topological polar surface area (TPSA) is 114 Å². The van der Waals surface area contributed by atoms with Gasteiger partial charge < -0.3 is 15.0 Å². The van der Waals surface area contributed by atoms with Crippen molar-refractivity contribution in [2.45, 2.75) is 23.8 Å². The highest BCUT2D eigenvalue weighted by Gasteiger charge is 2.19. The second kappa shape index (κ2) is 5.09. The van der Waals surface area contributed by atoms with Crippen LogP contribution < -0.4 is 10.5 Å². The van der Waals surface area contributed by atoms with E-state index in [2.05, 4.69) is 10.3 Å². The van der Waals surface area contributed by atoms with Gasteiger partial charge in [-0.3, -0.25) is 4.79 Å². The molecule has 1 aliphatic heterocycles. The quantitative estimate of drug-likeness (QED) is 0.693. The molecule has 0 aromatic carbocycles. The summed E-state index contributed by atoms with van der Waals surface area (Å²) in [5.74, 6) is -0.336. The summed E-state index contributed by atoms with van der Waals surface area (Å²) in [6, 6.07) is 1.29. The van der Waals surface area contributed by atoms with Gasteiger partial charge in [0.2, 0.25) is 10.0 Å². The summed E-state index contributed by atoms with van der Waals surface area (Å²) in [5, 5.41) is 7.77. The molecule has 1 aliphatic rings. The molecule has 2 heterocycles. The molecule has 0 unspecified atom stereocenters. The fourth-order valence-electron chi connectivity index (χ4n) is 1.77. The molecule has 1 saturated heterocycles. The summed E-state index contributed by atoms with van der Waals surface area (Å²) in [5.41, 5.74) is 0.186. The van der Waals surface area contributed by atoms with E-state index in [0.29, 0.717) is 13.2 Å². The van der Waals surface area contributed by atoms with Crippen LogP contribution in [-0.2, 0) is 14.8 Å². The maximum atomic E-state index is 11.8. The minimum absolute atomic E-state index is 0.0625. The van der Waals surface area contributed by atoms with Gasteiger partial charge in [0, 0.05) is 25.5 Å². The SMILES string of the molecule is NS(=O)(=O)c1c[nH]c(C(=O)NC2CCOCC2)c1. The van der Waals surface area contributed by atoms with Gasteiger partial charge in [-0.05, 0) is 18.9 Å². The molecule has 8 heteroatoms. The number of carbonyl (C=O) groups excluding carboxylic acids is 1. The zero-order valence-corrected chi connectivity index (χ0v) is 10.5. The van der Waals surface area contributed by atoms with E-state index in [4.69, 9.17) is 9.88 Å². The molecule has 4 N–H and O–H groups in total. The molecule has 0 saturated carbocycles. The molecule has 18 heavy (non-hydrogen) atoms. The van der Waals surface area contributed by atoms with Crippen molar-refractivity contribution < 1.29 is 17.9 Å². The molecule has 0 bridgehead atoms. The summed E-state index contributed by atoms with van der Waals surface area (Å²) in [6.07, 6.45) is 2.72. The molecular formula is C10H15N3O4S. The number of ether oxygens (including phenoxy) is 1. The van der Waals surface area contributed by atoms with Crippen molar-refractivity contribution in [2.75, 3.05) is 13.2 Å². The van der Waals surface area contributed by atoms with Crippen LogP contribution in [0.4, 0.5) is 0 Å². The molecule has 1 aromatic rings.